The van der Waals surface area contributed by atoms with Crippen LogP contribution in [0.5, 0.6) is 0 Å². The summed E-state index contributed by atoms with van der Waals surface area (Å²) >= 11 is 1.38. The van der Waals surface area contributed by atoms with Gasteiger partial charge in [-0.1, -0.05) is 11.8 Å². The van der Waals surface area contributed by atoms with Crippen LogP contribution < -0.4 is 0 Å². The normalized spacial score (nSPS) is 20.9. The molecule has 0 N–H and O–H groups in total. The largest absolute Gasteiger partial charge is 0.288 e. The first-order valence-corrected chi connectivity index (χ1v) is 4.67. The Hall–Kier alpha value is -0.840. The third kappa shape index (κ3) is 1.36. The minimum atomic E-state index is 0.172. The number of rotatable bonds is 1. The van der Waals surface area contributed by atoms with Gasteiger partial charge in [-0.15, -0.1) is 0 Å². The highest BCUT2D eigenvalue weighted by Crippen LogP contribution is 2.23. The fraction of sp³-hybridized carbons (Fsp3) is 0.571. The monoisotopic (exact) mass is 183 g/mol. The van der Waals surface area contributed by atoms with Crippen LogP contribution >= 0.6 is 11.8 Å². The summed E-state index contributed by atoms with van der Waals surface area (Å²) < 4.78 is 1.86. The highest BCUT2D eigenvalue weighted by molar-refractivity contribution is 8.14. The lowest BCUT2D eigenvalue weighted by Gasteiger charge is -2.02. The Morgan fingerprint density at radius 3 is 3.33 bits per heavy atom. The van der Waals surface area contributed by atoms with Gasteiger partial charge in [-0.3, -0.25) is 4.79 Å². The fourth-order valence-electron chi connectivity index (χ4n) is 1.37. The van der Waals surface area contributed by atoms with Gasteiger partial charge < -0.3 is 0 Å². The molecule has 1 unspecified atom stereocenters. The van der Waals surface area contributed by atoms with Crippen LogP contribution in [0.15, 0.2) is 6.33 Å². The molecule has 0 aliphatic carbocycles. The molecule has 0 saturated carbocycles. The average Bonchev–Trinajstić information content (AvgIpc) is 2.43. The predicted molar refractivity (Wildman–Crippen MR) is 45.8 cm³/mol. The van der Waals surface area contributed by atoms with Crippen molar-refractivity contribution in [1.29, 1.82) is 0 Å². The van der Waals surface area contributed by atoms with E-state index >= 15 is 0 Å². The Balaban J connectivity index is 2.03. The zero-order valence-corrected chi connectivity index (χ0v) is 7.54. The van der Waals surface area contributed by atoms with Crippen LogP contribution in [-0.2, 0) is 17.8 Å². The fourth-order valence-corrected chi connectivity index (χ4v) is 2.29. The first-order chi connectivity index (χ1) is 5.75. The van der Waals surface area contributed by atoms with Crippen LogP contribution in [0.25, 0.3) is 0 Å². The summed E-state index contributed by atoms with van der Waals surface area (Å²) in [6.07, 6.45) is 2.42. The molecule has 0 saturated heterocycles. The number of thioether (sulfide) groups is 1. The summed E-state index contributed by atoms with van der Waals surface area (Å²) in [7, 11) is 0. The van der Waals surface area contributed by atoms with Crippen LogP contribution in [0.2, 0.25) is 0 Å². The van der Waals surface area contributed by atoms with E-state index in [0.29, 0.717) is 5.25 Å². The van der Waals surface area contributed by atoms with E-state index in [4.69, 9.17) is 0 Å². The molecule has 64 valence electrons. The van der Waals surface area contributed by atoms with Crippen molar-refractivity contribution in [3.8, 4) is 0 Å². The van der Waals surface area contributed by atoms with E-state index in [9.17, 15) is 4.79 Å². The van der Waals surface area contributed by atoms with Gasteiger partial charge in [0.25, 0.3) is 0 Å². The van der Waals surface area contributed by atoms with Crippen LogP contribution in [0.1, 0.15) is 12.7 Å². The molecule has 1 atom stereocenters. The SMILES string of the molecule is CC(=O)SC1Cc2ncnn2C1. The Labute approximate surface area is 74.4 Å². The van der Waals surface area contributed by atoms with Crippen molar-refractivity contribution in [3.05, 3.63) is 12.2 Å². The van der Waals surface area contributed by atoms with Crippen LogP contribution in [0, 0.1) is 0 Å². The standard InChI is InChI=1S/C7H9N3OS/c1-5(11)12-6-2-7-8-4-9-10(7)3-6/h4,6H,2-3H2,1H3. The van der Waals surface area contributed by atoms with E-state index in [2.05, 4.69) is 10.1 Å². The molecule has 1 aliphatic heterocycles. The summed E-state index contributed by atoms with van der Waals surface area (Å²) in [6, 6.07) is 0. The van der Waals surface area contributed by atoms with E-state index in [0.717, 1.165) is 18.8 Å². The maximum absolute atomic E-state index is 10.8. The van der Waals surface area contributed by atoms with Crippen molar-refractivity contribution >= 4 is 16.9 Å². The van der Waals surface area contributed by atoms with Crippen molar-refractivity contribution in [3.63, 3.8) is 0 Å². The molecule has 12 heavy (non-hydrogen) atoms. The van der Waals surface area contributed by atoms with Gasteiger partial charge in [0.2, 0.25) is 0 Å². The molecule has 5 heteroatoms. The Morgan fingerprint density at radius 2 is 2.67 bits per heavy atom. The smallest absolute Gasteiger partial charge is 0.186 e. The van der Waals surface area contributed by atoms with Crippen molar-refractivity contribution in [2.75, 3.05) is 0 Å². The maximum atomic E-state index is 10.8. The topological polar surface area (TPSA) is 47.8 Å². The zero-order chi connectivity index (χ0) is 8.55. The Kier molecular flexibility index (Phi) is 1.88. The second-order valence-corrected chi connectivity index (χ2v) is 4.27. The number of hydrogen-bond donors (Lipinski definition) is 0. The third-order valence-corrected chi connectivity index (χ3v) is 2.80. The Morgan fingerprint density at radius 1 is 1.83 bits per heavy atom. The number of hydrogen-bond acceptors (Lipinski definition) is 4. The molecule has 0 spiro atoms. The van der Waals surface area contributed by atoms with Gasteiger partial charge in [0.1, 0.15) is 12.2 Å². The molecule has 1 aromatic heterocycles. The Bertz CT molecular complexity index is 289. The number of nitrogens with zero attached hydrogens (tertiary/aromatic N) is 3. The van der Waals surface area contributed by atoms with E-state index in [-0.39, 0.29) is 5.12 Å². The highest BCUT2D eigenvalue weighted by Gasteiger charge is 2.24. The summed E-state index contributed by atoms with van der Waals surface area (Å²) in [5, 5.41) is 4.55. The minimum absolute atomic E-state index is 0.172. The van der Waals surface area contributed by atoms with Gasteiger partial charge in [-0.25, -0.2) is 9.67 Å². The molecule has 0 amide bonds. The van der Waals surface area contributed by atoms with Gasteiger partial charge in [0, 0.05) is 18.6 Å². The van der Waals surface area contributed by atoms with Crippen molar-refractivity contribution in [1.82, 2.24) is 14.8 Å². The van der Waals surface area contributed by atoms with Gasteiger partial charge in [-0.05, 0) is 0 Å². The second-order valence-electron chi connectivity index (χ2n) is 2.79. The van der Waals surface area contributed by atoms with Crippen molar-refractivity contribution in [2.45, 2.75) is 25.1 Å². The zero-order valence-electron chi connectivity index (χ0n) is 6.73. The lowest BCUT2D eigenvalue weighted by Crippen LogP contribution is -2.07. The first kappa shape index (κ1) is 7.79. The van der Waals surface area contributed by atoms with Crippen molar-refractivity contribution < 1.29 is 4.79 Å². The molecular formula is C7H9N3OS. The summed E-state index contributed by atoms with van der Waals surface area (Å²) in [5.41, 5.74) is 0. The molecular weight excluding hydrogens is 174 g/mol. The molecule has 4 nitrogen and oxygen atoms in total. The molecule has 2 heterocycles. The highest BCUT2D eigenvalue weighted by atomic mass is 32.2. The van der Waals surface area contributed by atoms with Gasteiger partial charge in [0.15, 0.2) is 5.12 Å². The molecule has 2 rings (SSSR count). The third-order valence-electron chi connectivity index (χ3n) is 1.82. The number of aromatic nitrogens is 3. The maximum Gasteiger partial charge on any atom is 0.186 e. The second kappa shape index (κ2) is 2.90. The van der Waals surface area contributed by atoms with Gasteiger partial charge in [0.05, 0.1) is 6.54 Å². The van der Waals surface area contributed by atoms with E-state index in [1.54, 1.807) is 13.3 Å². The van der Waals surface area contributed by atoms with Crippen LogP contribution in [0.4, 0.5) is 0 Å². The molecule has 0 aromatic carbocycles. The lowest BCUT2D eigenvalue weighted by atomic mass is 10.3. The quantitative estimate of drug-likeness (QED) is 0.635. The van der Waals surface area contributed by atoms with Gasteiger partial charge >= 0.3 is 0 Å². The molecule has 1 aliphatic rings. The predicted octanol–water partition coefficient (Wildman–Crippen LogP) is 0.482. The van der Waals surface area contributed by atoms with E-state index in [1.807, 2.05) is 4.68 Å². The average molecular weight is 183 g/mol. The summed E-state index contributed by atoms with van der Waals surface area (Å²) in [4.78, 5) is 14.9. The summed E-state index contributed by atoms with van der Waals surface area (Å²) in [5.74, 6) is 0.994. The first-order valence-electron chi connectivity index (χ1n) is 3.79. The van der Waals surface area contributed by atoms with Gasteiger partial charge in [-0.2, -0.15) is 5.10 Å². The van der Waals surface area contributed by atoms with Crippen LogP contribution in [-0.4, -0.2) is 25.1 Å². The number of carbonyl (C=O) groups is 1. The van der Waals surface area contributed by atoms with Crippen molar-refractivity contribution in [2.24, 2.45) is 0 Å². The lowest BCUT2D eigenvalue weighted by molar-refractivity contribution is -0.109. The number of carbonyl (C=O) groups excluding carboxylic acids is 1. The molecule has 0 bridgehead atoms. The molecule has 0 fully saturated rings. The van der Waals surface area contributed by atoms with Crippen LogP contribution in [0.3, 0.4) is 0 Å². The molecule has 0 radical (unpaired) electrons. The van der Waals surface area contributed by atoms with E-state index in [1.165, 1.54) is 11.8 Å². The molecule has 1 aromatic rings. The van der Waals surface area contributed by atoms with E-state index < -0.39 is 0 Å². The summed E-state index contributed by atoms with van der Waals surface area (Å²) in [6.45, 7) is 2.42. The number of fused-ring (bicyclic) bond motifs is 1. The minimum Gasteiger partial charge on any atom is -0.288 e.